The molecule has 4 rings (SSSR count). The molecule has 0 radical (unpaired) electrons. The van der Waals surface area contributed by atoms with Crippen LogP contribution < -0.4 is 10.6 Å². The van der Waals surface area contributed by atoms with Gasteiger partial charge in [0.25, 0.3) is 5.91 Å². The fourth-order valence-electron chi connectivity index (χ4n) is 3.22. The van der Waals surface area contributed by atoms with Crippen molar-refractivity contribution in [2.75, 3.05) is 10.6 Å². The van der Waals surface area contributed by atoms with Gasteiger partial charge in [0.15, 0.2) is 5.76 Å². The molecule has 1 amide bonds. The van der Waals surface area contributed by atoms with Crippen LogP contribution in [0.25, 0.3) is 0 Å². The van der Waals surface area contributed by atoms with Gasteiger partial charge in [0.1, 0.15) is 16.6 Å². The van der Waals surface area contributed by atoms with Gasteiger partial charge in [-0.15, -0.1) is 11.3 Å². The standard InChI is InChI=1S/C23H20FN3O2S/c1-14-7-5-11-20(25-14)26-21(16-8-3-4-9-18(16)24)17-13-15(2)30-23(17)27-22(28)19-10-6-12-29-19/h3-13,21H,1-2H3,(H,25,26)(H,27,28)/t21-/m0/s1. The number of carbonyl (C=O) groups excluding carboxylic acids is 1. The van der Waals surface area contributed by atoms with Crippen LogP contribution in [0.1, 0.15) is 38.3 Å². The Labute approximate surface area is 177 Å². The van der Waals surface area contributed by atoms with Crippen LogP contribution in [0.3, 0.4) is 0 Å². The van der Waals surface area contributed by atoms with Gasteiger partial charge in [-0.1, -0.05) is 24.3 Å². The topological polar surface area (TPSA) is 67.2 Å². The van der Waals surface area contributed by atoms with E-state index in [-0.39, 0.29) is 17.5 Å². The molecule has 1 atom stereocenters. The van der Waals surface area contributed by atoms with Crippen LogP contribution in [0.15, 0.2) is 71.3 Å². The number of thiophene rings is 1. The van der Waals surface area contributed by atoms with E-state index in [1.165, 1.54) is 23.7 Å². The number of amides is 1. The van der Waals surface area contributed by atoms with Gasteiger partial charge in [0.2, 0.25) is 0 Å². The number of pyridine rings is 1. The summed E-state index contributed by atoms with van der Waals surface area (Å²) < 4.78 is 20.0. The van der Waals surface area contributed by atoms with Gasteiger partial charge in [-0.05, 0) is 50.2 Å². The Morgan fingerprint density at radius 3 is 2.63 bits per heavy atom. The molecular formula is C23H20FN3O2S. The number of aryl methyl sites for hydroxylation is 2. The zero-order valence-electron chi connectivity index (χ0n) is 16.5. The average Bonchev–Trinajstić information content (AvgIpc) is 3.37. The van der Waals surface area contributed by atoms with Gasteiger partial charge in [-0.3, -0.25) is 4.79 Å². The van der Waals surface area contributed by atoms with Crippen molar-refractivity contribution in [3.63, 3.8) is 0 Å². The number of benzene rings is 1. The number of rotatable bonds is 6. The van der Waals surface area contributed by atoms with E-state index in [9.17, 15) is 9.18 Å². The number of nitrogens with zero attached hydrogens (tertiary/aromatic N) is 1. The molecule has 1 aromatic carbocycles. The fourth-order valence-corrected chi connectivity index (χ4v) is 4.17. The molecule has 3 aromatic heterocycles. The first-order chi connectivity index (χ1) is 14.5. The van der Waals surface area contributed by atoms with Gasteiger partial charge in [0.05, 0.1) is 12.3 Å². The van der Waals surface area contributed by atoms with E-state index < -0.39 is 6.04 Å². The van der Waals surface area contributed by atoms with Crippen LogP contribution in [0.2, 0.25) is 0 Å². The van der Waals surface area contributed by atoms with Crippen molar-refractivity contribution in [3.8, 4) is 0 Å². The molecule has 5 nitrogen and oxygen atoms in total. The SMILES string of the molecule is Cc1cccc(N[C@@H](c2ccccc2F)c2cc(C)sc2NC(=O)c2ccco2)n1. The predicted molar refractivity (Wildman–Crippen MR) is 117 cm³/mol. The van der Waals surface area contributed by atoms with E-state index in [4.69, 9.17) is 4.42 Å². The Hall–Kier alpha value is -3.45. The first-order valence-electron chi connectivity index (χ1n) is 9.41. The second-order valence-corrected chi connectivity index (χ2v) is 8.09. The van der Waals surface area contributed by atoms with Crippen molar-refractivity contribution in [2.45, 2.75) is 19.9 Å². The molecule has 0 saturated heterocycles. The fraction of sp³-hybridized carbons (Fsp3) is 0.130. The molecule has 4 aromatic rings. The molecule has 2 N–H and O–H groups in total. The minimum atomic E-state index is -0.544. The summed E-state index contributed by atoms with van der Waals surface area (Å²) in [4.78, 5) is 18.0. The van der Waals surface area contributed by atoms with Crippen molar-refractivity contribution in [3.05, 3.63) is 100 Å². The number of anilines is 2. The van der Waals surface area contributed by atoms with E-state index in [1.54, 1.807) is 30.3 Å². The van der Waals surface area contributed by atoms with Gasteiger partial charge >= 0.3 is 0 Å². The minimum Gasteiger partial charge on any atom is -0.459 e. The Kier molecular flexibility index (Phi) is 5.63. The third-order valence-electron chi connectivity index (χ3n) is 4.56. The summed E-state index contributed by atoms with van der Waals surface area (Å²) in [5.74, 6) is 0.136. The van der Waals surface area contributed by atoms with Crippen LogP contribution in [0.4, 0.5) is 15.2 Å². The number of carbonyl (C=O) groups is 1. The summed E-state index contributed by atoms with van der Waals surface area (Å²) in [5, 5.41) is 6.87. The minimum absolute atomic E-state index is 0.211. The summed E-state index contributed by atoms with van der Waals surface area (Å²) in [5.41, 5.74) is 2.07. The van der Waals surface area contributed by atoms with Crippen LogP contribution in [0, 0.1) is 19.7 Å². The zero-order valence-corrected chi connectivity index (χ0v) is 17.3. The van der Waals surface area contributed by atoms with Crippen molar-refractivity contribution in [1.29, 1.82) is 0 Å². The highest BCUT2D eigenvalue weighted by Gasteiger charge is 2.24. The molecule has 0 fully saturated rings. The van der Waals surface area contributed by atoms with Crippen molar-refractivity contribution >= 4 is 28.1 Å². The Bertz CT molecular complexity index is 1170. The summed E-state index contributed by atoms with van der Waals surface area (Å²) in [7, 11) is 0. The Morgan fingerprint density at radius 2 is 1.90 bits per heavy atom. The lowest BCUT2D eigenvalue weighted by Gasteiger charge is -2.21. The van der Waals surface area contributed by atoms with Gasteiger partial charge in [-0.25, -0.2) is 9.37 Å². The summed E-state index contributed by atoms with van der Waals surface area (Å²) in [6.45, 7) is 3.84. The average molecular weight is 421 g/mol. The Morgan fingerprint density at radius 1 is 1.07 bits per heavy atom. The lowest BCUT2D eigenvalue weighted by atomic mass is 9.99. The molecule has 0 aliphatic carbocycles. The molecule has 0 spiro atoms. The first-order valence-corrected chi connectivity index (χ1v) is 10.2. The number of nitrogens with one attached hydrogen (secondary N) is 2. The zero-order chi connectivity index (χ0) is 21.1. The molecule has 0 bridgehead atoms. The molecule has 7 heteroatoms. The molecule has 0 aliphatic rings. The number of hydrogen-bond donors (Lipinski definition) is 2. The van der Waals surface area contributed by atoms with Gasteiger partial charge in [-0.2, -0.15) is 0 Å². The summed E-state index contributed by atoms with van der Waals surface area (Å²) in [6.07, 6.45) is 1.45. The van der Waals surface area contributed by atoms with Crippen LogP contribution in [0.5, 0.6) is 0 Å². The largest absolute Gasteiger partial charge is 0.459 e. The highest BCUT2D eigenvalue weighted by Crippen LogP contribution is 2.38. The van der Waals surface area contributed by atoms with E-state index >= 15 is 0 Å². The molecule has 0 unspecified atom stereocenters. The molecule has 0 saturated carbocycles. The van der Waals surface area contributed by atoms with Crippen molar-refractivity contribution < 1.29 is 13.6 Å². The van der Waals surface area contributed by atoms with Crippen molar-refractivity contribution in [1.82, 2.24) is 4.98 Å². The highest BCUT2D eigenvalue weighted by atomic mass is 32.1. The molecule has 152 valence electrons. The van der Waals surface area contributed by atoms with Crippen LogP contribution >= 0.6 is 11.3 Å². The summed E-state index contributed by atoms with van der Waals surface area (Å²) >= 11 is 1.43. The third kappa shape index (κ3) is 4.26. The molecule has 30 heavy (non-hydrogen) atoms. The molecule has 0 aliphatic heterocycles. The Balaban J connectivity index is 1.75. The normalized spacial score (nSPS) is 11.8. The lowest BCUT2D eigenvalue weighted by Crippen LogP contribution is -2.18. The van der Waals surface area contributed by atoms with E-state index in [2.05, 4.69) is 15.6 Å². The predicted octanol–water partition coefficient (Wildman–Crippen LogP) is 5.95. The smallest absolute Gasteiger partial charge is 0.291 e. The number of halogens is 1. The van der Waals surface area contributed by atoms with Gasteiger partial charge in [0, 0.05) is 21.7 Å². The third-order valence-corrected chi connectivity index (χ3v) is 5.55. The van der Waals surface area contributed by atoms with Crippen molar-refractivity contribution in [2.24, 2.45) is 0 Å². The maximum Gasteiger partial charge on any atom is 0.291 e. The number of aromatic nitrogens is 1. The quantitative estimate of drug-likeness (QED) is 0.404. The number of hydrogen-bond acceptors (Lipinski definition) is 5. The van der Waals surface area contributed by atoms with Crippen LogP contribution in [-0.4, -0.2) is 10.9 Å². The van der Waals surface area contributed by atoms with E-state index in [1.807, 2.05) is 38.1 Å². The summed E-state index contributed by atoms with van der Waals surface area (Å²) in [6, 6.07) is 16.9. The van der Waals surface area contributed by atoms with E-state index in [0.717, 1.165) is 16.1 Å². The second-order valence-electron chi connectivity index (χ2n) is 6.84. The number of furan rings is 1. The molecule has 3 heterocycles. The monoisotopic (exact) mass is 421 g/mol. The first kappa shape index (κ1) is 19.8. The van der Waals surface area contributed by atoms with E-state index in [0.29, 0.717) is 16.4 Å². The lowest BCUT2D eigenvalue weighted by molar-refractivity contribution is 0.0997. The molecular weight excluding hydrogens is 401 g/mol. The maximum absolute atomic E-state index is 14.8. The second kappa shape index (κ2) is 8.51. The highest BCUT2D eigenvalue weighted by molar-refractivity contribution is 7.16. The maximum atomic E-state index is 14.8. The van der Waals surface area contributed by atoms with Gasteiger partial charge < -0.3 is 15.1 Å². The van der Waals surface area contributed by atoms with Crippen LogP contribution in [-0.2, 0) is 0 Å².